The van der Waals surface area contributed by atoms with Crippen molar-refractivity contribution >= 4 is 27.5 Å². The van der Waals surface area contributed by atoms with E-state index >= 15 is 0 Å². The number of nitrogens with one attached hydrogen (secondary N) is 2. The Kier molecular flexibility index (Phi) is 5.01. The molecule has 0 aliphatic heterocycles. The van der Waals surface area contributed by atoms with Crippen molar-refractivity contribution in [2.24, 2.45) is 0 Å². The molecule has 3 nitrogen and oxygen atoms in total. The minimum absolute atomic E-state index is 0.114. The standard InChI is InChI=1S/C11H12BrF3N2O/c1-2-16-10(18)6-17-9-4-3-7(12)5-8(9)11(13,14)15/h3-5,17H,2,6H2,1H3,(H,16,18). The summed E-state index contributed by atoms with van der Waals surface area (Å²) in [7, 11) is 0. The van der Waals surface area contributed by atoms with Crippen LogP contribution in [-0.2, 0) is 11.0 Å². The number of hydrogen-bond donors (Lipinski definition) is 2. The minimum Gasteiger partial charge on any atom is -0.376 e. The van der Waals surface area contributed by atoms with E-state index < -0.39 is 11.7 Å². The summed E-state index contributed by atoms with van der Waals surface area (Å²) in [6, 6.07) is 3.74. The molecular weight excluding hydrogens is 313 g/mol. The molecule has 0 aliphatic carbocycles. The van der Waals surface area contributed by atoms with E-state index in [0.717, 1.165) is 6.07 Å². The van der Waals surface area contributed by atoms with Crippen LogP contribution in [0.5, 0.6) is 0 Å². The highest BCUT2D eigenvalue weighted by atomic mass is 79.9. The van der Waals surface area contributed by atoms with E-state index in [2.05, 4.69) is 26.6 Å². The fourth-order valence-electron chi connectivity index (χ4n) is 1.34. The third-order valence-corrected chi connectivity index (χ3v) is 2.59. The molecule has 0 bridgehead atoms. The van der Waals surface area contributed by atoms with Crippen LogP contribution in [-0.4, -0.2) is 19.0 Å². The van der Waals surface area contributed by atoms with E-state index in [1.54, 1.807) is 6.92 Å². The number of rotatable bonds is 4. The highest BCUT2D eigenvalue weighted by Gasteiger charge is 2.33. The molecule has 18 heavy (non-hydrogen) atoms. The summed E-state index contributed by atoms with van der Waals surface area (Å²) in [5, 5.41) is 4.97. The van der Waals surface area contributed by atoms with Gasteiger partial charge in [-0.1, -0.05) is 15.9 Å². The number of amides is 1. The highest BCUT2D eigenvalue weighted by Crippen LogP contribution is 2.36. The molecule has 0 atom stereocenters. The Labute approximate surface area is 111 Å². The van der Waals surface area contributed by atoms with Gasteiger partial charge in [-0.05, 0) is 25.1 Å². The summed E-state index contributed by atoms with van der Waals surface area (Å²) in [5.41, 5.74) is -0.918. The van der Waals surface area contributed by atoms with Gasteiger partial charge in [-0.3, -0.25) is 4.79 Å². The molecule has 0 unspecified atom stereocenters. The fraction of sp³-hybridized carbons (Fsp3) is 0.364. The second-order valence-electron chi connectivity index (χ2n) is 3.49. The third kappa shape index (κ3) is 4.21. The van der Waals surface area contributed by atoms with Gasteiger partial charge in [0.15, 0.2) is 0 Å². The van der Waals surface area contributed by atoms with Gasteiger partial charge >= 0.3 is 6.18 Å². The maximum atomic E-state index is 12.7. The zero-order valence-corrected chi connectivity index (χ0v) is 11.2. The molecule has 0 heterocycles. The number of benzene rings is 1. The molecule has 0 radical (unpaired) electrons. The molecule has 100 valence electrons. The molecule has 0 spiro atoms. The quantitative estimate of drug-likeness (QED) is 0.893. The number of alkyl halides is 3. The average molecular weight is 325 g/mol. The molecule has 1 amide bonds. The number of anilines is 1. The average Bonchev–Trinajstić information content (AvgIpc) is 2.26. The molecule has 1 aromatic rings. The van der Waals surface area contributed by atoms with Crippen molar-refractivity contribution in [3.63, 3.8) is 0 Å². The van der Waals surface area contributed by atoms with Gasteiger partial charge in [-0.25, -0.2) is 0 Å². The largest absolute Gasteiger partial charge is 0.418 e. The van der Waals surface area contributed by atoms with Crippen molar-refractivity contribution in [1.82, 2.24) is 5.32 Å². The Morgan fingerprint density at radius 1 is 1.39 bits per heavy atom. The van der Waals surface area contributed by atoms with Gasteiger partial charge in [-0.15, -0.1) is 0 Å². The minimum atomic E-state index is -4.46. The van der Waals surface area contributed by atoms with Crippen molar-refractivity contribution in [1.29, 1.82) is 0 Å². The summed E-state index contributed by atoms with van der Waals surface area (Å²) in [6.45, 7) is 1.98. The molecule has 0 fully saturated rings. The van der Waals surface area contributed by atoms with Crippen LogP contribution in [0.25, 0.3) is 0 Å². The first-order valence-corrected chi connectivity index (χ1v) is 6.01. The van der Waals surface area contributed by atoms with Crippen LogP contribution in [0.1, 0.15) is 12.5 Å². The maximum Gasteiger partial charge on any atom is 0.418 e. The monoisotopic (exact) mass is 324 g/mol. The summed E-state index contributed by atoms with van der Waals surface area (Å²) in [4.78, 5) is 11.2. The molecule has 0 saturated carbocycles. The Morgan fingerprint density at radius 2 is 2.06 bits per heavy atom. The molecule has 1 aromatic carbocycles. The number of hydrogen-bond acceptors (Lipinski definition) is 2. The Morgan fingerprint density at radius 3 is 2.61 bits per heavy atom. The third-order valence-electron chi connectivity index (χ3n) is 2.10. The maximum absolute atomic E-state index is 12.7. The van der Waals surface area contributed by atoms with E-state index in [1.165, 1.54) is 12.1 Å². The first-order chi connectivity index (χ1) is 8.34. The predicted molar refractivity (Wildman–Crippen MR) is 66.3 cm³/mol. The molecule has 7 heteroatoms. The van der Waals surface area contributed by atoms with Crippen LogP contribution < -0.4 is 10.6 Å². The fourth-order valence-corrected chi connectivity index (χ4v) is 1.70. The normalized spacial score (nSPS) is 11.2. The lowest BCUT2D eigenvalue weighted by molar-refractivity contribution is -0.137. The van der Waals surface area contributed by atoms with Gasteiger partial charge in [0.05, 0.1) is 12.1 Å². The van der Waals surface area contributed by atoms with Gasteiger partial charge in [0.25, 0.3) is 0 Å². The summed E-state index contributed by atoms with van der Waals surface area (Å²) < 4.78 is 38.6. The number of halogens is 4. The Bertz CT molecular complexity index is 435. The van der Waals surface area contributed by atoms with Crippen LogP contribution in [0.15, 0.2) is 22.7 Å². The Hall–Kier alpha value is -1.24. The molecular formula is C11H12BrF3N2O. The van der Waals surface area contributed by atoms with Crippen LogP contribution in [0.4, 0.5) is 18.9 Å². The van der Waals surface area contributed by atoms with Gasteiger partial charge in [-0.2, -0.15) is 13.2 Å². The molecule has 0 aromatic heterocycles. The van der Waals surface area contributed by atoms with E-state index in [9.17, 15) is 18.0 Å². The number of carbonyl (C=O) groups is 1. The molecule has 0 saturated heterocycles. The van der Waals surface area contributed by atoms with Crippen molar-refractivity contribution in [2.45, 2.75) is 13.1 Å². The first kappa shape index (κ1) is 14.8. The SMILES string of the molecule is CCNC(=O)CNc1ccc(Br)cc1C(F)(F)F. The molecule has 2 N–H and O–H groups in total. The second-order valence-corrected chi connectivity index (χ2v) is 4.41. The summed E-state index contributed by atoms with van der Waals surface area (Å²) in [6.07, 6.45) is -4.46. The lowest BCUT2D eigenvalue weighted by atomic mass is 10.1. The lowest BCUT2D eigenvalue weighted by Gasteiger charge is -2.14. The lowest BCUT2D eigenvalue weighted by Crippen LogP contribution is -2.30. The van der Waals surface area contributed by atoms with Gasteiger partial charge in [0.1, 0.15) is 0 Å². The van der Waals surface area contributed by atoms with Crippen molar-refractivity contribution in [3.8, 4) is 0 Å². The number of carbonyl (C=O) groups excluding carboxylic acids is 1. The van der Waals surface area contributed by atoms with Crippen LogP contribution >= 0.6 is 15.9 Å². The Balaban J connectivity index is 2.85. The van der Waals surface area contributed by atoms with Gasteiger partial charge < -0.3 is 10.6 Å². The number of likely N-dealkylation sites (N-methyl/N-ethyl adjacent to an activating group) is 1. The van der Waals surface area contributed by atoms with E-state index in [4.69, 9.17) is 0 Å². The second kappa shape index (κ2) is 6.08. The first-order valence-electron chi connectivity index (χ1n) is 5.22. The van der Waals surface area contributed by atoms with Crippen molar-refractivity contribution < 1.29 is 18.0 Å². The smallest absolute Gasteiger partial charge is 0.376 e. The van der Waals surface area contributed by atoms with Crippen LogP contribution in [0, 0.1) is 0 Å². The van der Waals surface area contributed by atoms with Crippen molar-refractivity contribution in [3.05, 3.63) is 28.2 Å². The van der Waals surface area contributed by atoms with Crippen LogP contribution in [0.3, 0.4) is 0 Å². The van der Waals surface area contributed by atoms with Gasteiger partial charge in [0, 0.05) is 16.7 Å². The predicted octanol–water partition coefficient (Wildman–Crippen LogP) is 3.02. The van der Waals surface area contributed by atoms with E-state index in [-0.39, 0.29) is 18.1 Å². The van der Waals surface area contributed by atoms with E-state index in [1.807, 2.05) is 0 Å². The van der Waals surface area contributed by atoms with Crippen molar-refractivity contribution in [2.75, 3.05) is 18.4 Å². The topological polar surface area (TPSA) is 41.1 Å². The highest BCUT2D eigenvalue weighted by molar-refractivity contribution is 9.10. The molecule has 1 rings (SSSR count). The van der Waals surface area contributed by atoms with Gasteiger partial charge in [0.2, 0.25) is 5.91 Å². The summed E-state index contributed by atoms with van der Waals surface area (Å²) in [5.74, 6) is -0.353. The van der Waals surface area contributed by atoms with E-state index in [0.29, 0.717) is 11.0 Å². The zero-order valence-electron chi connectivity index (χ0n) is 9.57. The summed E-state index contributed by atoms with van der Waals surface area (Å²) >= 11 is 2.99. The van der Waals surface area contributed by atoms with Crippen LogP contribution in [0.2, 0.25) is 0 Å². The molecule has 0 aliphatic rings. The zero-order chi connectivity index (χ0) is 13.8.